The van der Waals surface area contributed by atoms with Crippen LogP contribution in [0.4, 0.5) is 0 Å². The van der Waals surface area contributed by atoms with Crippen molar-refractivity contribution in [1.82, 2.24) is 15.5 Å². The topological polar surface area (TPSA) is 57.8 Å². The van der Waals surface area contributed by atoms with Gasteiger partial charge in [0.15, 0.2) is 0 Å². The first-order valence-electron chi connectivity index (χ1n) is 5.41. The molecule has 2 rings (SSSR count). The maximum Gasteiger partial charge on any atom is 0.255 e. The van der Waals surface area contributed by atoms with E-state index in [4.69, 9.17) is 11.6 Å². The number of hydrogen-bond acceptors (Lipinski definition) is 2. The Morgan fingerprint density at radius 3 is 2.83 bits per heavy atom. The number of H-pyrrole nitrogens is 1. The van der Waals surface area contributed by atoms with Crippen molar-refractivity contribution in [1.29, 1.82) is 0 Å². The van der Waals surface area contributed by atoms with E-state index in [0.29, 0.717) is 22.8 Å². The van der Waals surface area contributed by atoms with Gasteiger partial charge in [0.05, 0.1) is 17.5 Å². The van der Waals surface area contributed by atoms with Crippen molar-refractivity contribution in [3.8, 4) is 11.3 Å². The Kier molecular flexibility index (Phi) is 3.79. The summed E-state index contributed by atoms with van der Waals surface area (Å²) >= 11 is 5.83. The standard InChI is InChI=1S/C13H12ClN3O/c1-2-7-15-13(18)11-8-16-17-12(11)9-3-5-10(14)6-4-9/h2-6,8H,1,7H2,(H,15,18)(H,16,17). The number of nitrogens with zero attached hydrogens (tertiary/aromatic N) is 1. The maximum atomic E-state index is 11.9. The van der Waals surface area contributed by atoms with E-state index in [-0.39, 0.29) is 5.91 Å². The highest BCUT2D eigenvalue weighted by molar-refractivity contribution is 6.30. The van der Waals surface area contributed by atoms with Gasteiger partial charge in [-0.05, 0) is 12.1 Å². The Balaban J connectivity index is 2.29. The van der Waals surface area contributed by atoms with Gasteiger partial charge in [-0.3, -0.25) is 9.89 Å². The fourth-order valence-corrected chi connectivity index (χ4v) is 1.68. The van der Waals surface area contributed by atoms with Crippen LogP contribution in [-0.2, 0) is 0 Å². The number of rotatable bonds is 4. The van der Waals surface area contributed by atoms with Crippen LogP contribution in [0.1, 0.15) is 10.4 Å². The second-order valence-electron chi connectivity index (χ2n) is 3.66. The summed E-state index contributed by atoms with van der Waals surface area (Å²) in [6.45, 7) is 3.97. The first-order chi connectivity index (χ1) is 8.72. The number of aromatic amines is 1. The molecule has 0 unspecified atom stereocenters. The molecule has 5 heteroatoms. The molecule has 92 valence electrons. The molecule has 0 aliphatic heterocycles. The van der Waals surface area contributed by atoms with Crippen molar-refractivity contribution in [3.05, 3.63) is 53.7 Å². The second kappa shape index (κ2) is 5.51. The summed E-state index contributed by atoms with van der Waals surface area (Å²) in [5.41, 5.74) is 2.04. The van der Waals surface area contributed by atoms with Crippen molar-refractivity contribution in [2.75, 3.05) is 6.54 Å². The Labute approximate surface area is 110 Å². The zero-order valence-electron chi connectivity index (χ0n) is 9.61. The predicted octanol–water partition coefficient (Wildman–Crippen LogP) is 2.65. The molecule has 0 saturated heterocycles. The number of aromatic nitrogens is 2. The molecule has 1 aromatic carbocycles. The van der Waals surface area contributed by atoms with Crippen LogP contribution in [0.3, 0.4) is 0 Å². The molecule has 1 heterocycles. The Bertz CT molecular complexity index is 560. The number of carbonyl (C=O) groups excluding carboxylic acids is 1. The van der Waals surface area contributed by atoms with Crippen molar-refractivity contribution in [2.24, 2.45) is 0 Å². The Morgan fingerprint density at radius 1 is 1.44 bits per heavy atom. The molecule has 1 amide bonds. The predicted molar refractivity (Wildman–Crippen MR) is 71.6 cm³/mol. The molecular formula is C13H12ClN3O. The smallest absolute Gasteiger partial charge is 0.255 e. The van der Waals surface area contributed by atoms with Gasteiger partial charge in [-0.2, -0.15) is 5.10 Å². The van der Waals surface area contributed by atoms with Gasteiger partial charge in [-0.1, -0.05) is 29.8 Å². The largest absolute Gasteiger partial charge is 0.348 e. The number of amides is 1. The van der Waals surface area contributed by atoms with E-state index < -0.39 is 0 Å². The molecular weight excluding hydrogens is 250 g/mol. The van der Waals surface area contributed by atoms with Crippen LogP contribution < -0.4 is 5.32 Å². The van der Waals surface area contributed by atoms with Crippen molar-refractivity contribution < 1.29 is 4.79 Å². The maximum absolute atomic E-state index is 11.9. The summed E-state index contributed by atoms with van der Waals surface area (Å²) in [5.74, 6) is -0.186. The van der Waals surface area contributed by atoms with E-state index in [2.05, 4.69) is 22.1 Å². The summed E-state index contributed by atoms with van der Waals surface area (Å²) in [4.78, 5) is 11.9. The summed E-state index contributed by atoms with van der Waals surface area (Å²) < 4.78 is 0. The van der Waals surface area contributed by atoms with Crippen LogP contribution in [-0.4, -0.2) is 22.6 Å². The monoisotopic (exact) mass is 261 g/mol. The fraction of sp³-hybridized carbons (Fsp3) is 0.0769. The van der Waals surface area contributed by atoms with Crippen molar-refractivity contribution in [3.63, 3.8) is 0 Å². The number of benzene rings is 1. The average molecular weight is 262 g/mol. The number of halogens is 1. The van der Waals surface area contributed by atoms with Gasteiger partial charge in [0, 0.05) is 17.1 Å². The van der Waals surface area contributed by atoms with Gasteiger partial charge in [0.2, 0.25) is 0 Å². The van der Waals surface area contributed by atoms with E-state index in [9.17, 15) is 4.79 Å². The van der Waals surface area contributed by atoms with E-state index in [1.54, 1.807) is 18.2 Å². The quantitative estimate of drug-likeness (QED) is 0.832. The third-order valence-electron chi connectivity index (χ3n) is 2.42. The third kappa shape index (κ3) is 2.60. The molecule has 0 fully saturated rings. The summed E-state index contributed by atoms with van der Waals surface area (Å²) in [6.07, 6.45) is 3.13. The molecule has 2 N–H and O–H groups in total. The van der Waals surface area contributed by atoms with Crippen molar-refractivity contribution >= 4 is 17.5 Å². The molecule has 0 atom stereocenters. The molecule has 0 spiro atoms. The van der Waals surface area contributed by atoms with Crippen LogP contribution in [0.5, 0.6) is 0 Å². The van der Waals surface area contributed by atoms with E-state index in [1.807, 2.05) is 12.1 Å². The van der Waals surface area contributed by atoms with E-state index in [0.717, 1.165) is 5.56 Å². The molecule has 4 nitrogen and oxygen atoms in total. The number of carbonyl (C=O) groups is 1. The van der Waals surface area contributed by atoms with Gasteiger partial charge in [-0.15, -0.1) is 6.58 Å². The minimum absolute atomic E-state index is 0.186. The molecule has 0 bridgehead atoms. The van der Waals surface area contributed by atoms with Crippen LogP contribution in [0.2, 0.25) is 5.02 Å². The van der Waals surface area contributed by atoms with Gasteiger partial charge < -0.3 is 5.32 Å². The van der Waals surface area contributed by atoms with Crippen LogP contribution in [0.15, 0.2) is 43.1 Å². The SMILES string of the molecule is C=CCNC(=O)c1cn[nH]c1-c1ccc(Cl)cc1. The fourth-order valence-electron chi connectivity index (χ4n) is 1.56. The molecule has 18 heavy (non-hydrogen) atoms. The number of nitrogens with one attached hydrogen (secondary N) is 2. The van der Waals surface area contributed by atoms with E-state index >= 15 is 0 Å². The van der Waals surface area contributed by atoms with Gasteiger partial charge in [0.25, 0.3) is 5.91 Å². The lowest BCUT2D eigenvalue weighted by atomic mass is 10.1. The first-order valence-corrected chi connectivity index (χ1v) is 5.78. The van der Waals surface area contributed by atoms with Gasteiger partial charge in [-0.25, -0.2) is 0 Å². The molecule has 1 aromatic heterocycles. The summed E-state index contributed by atoms with van der Waals surface area (Å²) in [5, 5.41) is 10.1. The highest BCUT2D eigenvalue weighted by atomic mass is 35.5. The second-order valence-corrected chi connectivity index (χ2v) is 4.10. The highest BCUT2D eigenvalue weighted by Crippen LogP contribution is 2.22. The Hall–Kier alpha value is -2.07. The normalized spacial score (nSPS) is 10.1. The van der Waals surface area contributed by atoms with Gasteiger partial charge in [0.1, 0.15) is 0 Å². The van der Waals surface area contributed by atoms with Crippen LogP contribution >= 0.6 is 11.6 Å². The summed E-state index contributed by atoms with van der Waals surface area (Å²) in [6, 6.07) is 7.20. The lowest BCUT2D eigenvalue weighted by molar-refractivity contribution is 0.0958. The molecule has 0 aliphatic rings. The average Bonchev–Trinajstić information content (AvgIpc) is 2.86. The zero-order chi connectivity index (χ0) is 13.0. The zero-order valence-corrected chi connectivity index (χ0v) is 10.4. The molecule has 0 saturated carbocycles. The van der Waals surface area contributed by atoms with Crippen molar-refractivity contribution in [2.45, 2.75) is 0 Å². The van der Waals surface area contributed by atoms with Crippen LogP contribution in [0, 0.1) is 0 Å². The van der Waals surface area contributed by atoms with Gasteiger partial charge >= 0.3 is 0 Å². The minimum atomic E-state index is -0.186. The van der Waals surface area contributed by atoms with E-state index in [1.165, 1.54) is 6.20 Å². The first kappa shape index (κ1) is 12.4. The molecule has 0 radical (unpaired) electrons. The molecule has 2 aromatic rings. The Morgan fingerprint density at radius 2 is 2.17 bits per heavy atom. The highest BCUT2D eigenvalue weighted by Gasteiger charge is 2.14. The summed E-state index contributed by atoms with van der Waals surface area (Å²) in [7, 11) is 0. The lowest BCUT2D eigenvalue weighted by Gasteiger charge is -2.03. The number of hydrogen-bond donors (Lipinski definition) is 2. The third-order valence-corrected chi connectivity index (χ3v) is 2.68. The minimum Gasteiger partial charge on any atom is -0.348 e. The van der Waals surface area contributed by atoms with Crippen LogP contribution in [0.25, 0.3) is 11.3 Å². The molecule has 0 aliphatic carbocycles. The lowest BCUT2D eigenvalue weighted by Crippen LogP contribution is -2.23.